The highest BCUT2D eigenvalue weighted by molar-refractivity contribution is 6.13. The lowest BCUT2D eigenvalue weighted by atomic mass is 10.1. The molecule has 17 heavy (non-hydrogen) atoms. The molecular weight excluding hydrogens is 225 g/mol. The van der Waals surface area contributed by atoms with Gasteiger partial charge >= 0.3 is 7.69 Å². The predicted octanol–water partition coefficient (Wildman–Crippen LogP) is 2.14. The Bertz CT molecular complexity index is 463. The van der Waals surface area contributed by atoms with Crippen molar-refractivity contribution in [1.29, 1.82) is 0 Å². The van der Waals surface area contributed by atoms with Crippen molar-refractivity contribution >= 4 is 7.69 Å². The minimum absolute atomic E-state index is 0. The maximum atomic E-state index is 12.9. The van der Waals surface area contributed by atoms with Crippen molar-refractivity contribution in [3.8, 4) is 11.1 Å². The third-order valence-electron chi connectivity index (χ3n) is 2.03. The molecule has 0 aliphatic rings. The number of halogens is 2. The Labute approximate surface area is 98.5 Å². The Balaban J connectivity index is 0.000000437. The van der Waals surface area contributed by atoms with E-state index in [0.717, 1.165) is 11.6 Å². The molecule has 0 fully saturated rings. The smallest absolute Gasteiger partial charge is 0.429 e. The highest BCUT2D eigenvalue weighted by Gasteiger charge is 2.03. The van der Waals surface area contributed by atoms with Gasteiger partial charge in [-0.25, -0.2) is 8.78 Å². The lowest BCUT2D eigenvalue weighted by Crippen LogP contribution is -1.84. The summed E-state index contributed by atoms with van der Waals surface area (Å²) in [6.07, 6.45) is 0. The monoisotopic (exact) mass is 235 g/mol. The van der Waals surface area contributed by atoms with Gasteiger partial charge in [0.15, 0.2) is 11.6 Å². The van der Waals surface area contributed by atoms with Crippen molar-refractivity contribution in [2.45, 2.75) is 0 Å². The first-order valence-electron chi connectivity index (χ1n) is 4.79. The Morgan fingerprint density at radius 1 is 0.765 bits per heavy atom. The van der Waals surface area contributed by atoms with E-state index in [1.54, 1.807) is 6.07 Å². The number of rotatable bonds is 1. The molecule has 0 aliphatic carbocycles. The summed E-state index contributed by atoms with van der Waals surface area (Å²) < 4.78 is 25.5. The van der Waals surface area contributed by atoms with Gasteiger partial charge in [0.2, 0.25) is 0 Å². The maximum Gasteiger partial charge on any atom is 0.482 e. The number of benzene rings is 2. The Morgan fingerprint density at radius 2 is 1.35 bits per heavy atom. The summed E-state index contributed by atoms with van der Waals surface area (Å²) >= 11 is 0. The fourth-order valence-electron chi connectivity index (χ4n) is 1.31. The maximum absolute atomic E-state index is 12.9. The van der Waals surface area contributed by atoms with E-state index in [9.17, 15) is 8.78 Å². The first-order chi connectivity index (χ1) is 8.19. The SMILES string of the molecule is Fc1ccc(-c2ccccc2)cc1F.O[B]O. The molecule has 5 heteroatoms. The van der Waals surface area contributed by atoms with Crippen molar-refractivity contribution in [3.63, 3.8) is 0 Å². The van der Waals surface area contributed by atoms with E-state index in [2.05, 4.69) is 0 Å². The van der Waals surface area contributed by atoms with Crippen LogP contribution in [0.5, 0.6) is 0 Å². The Kier molecular flexibility index (Phi) is 5.32. The van der Waals surface area contributed by atoms with E-state index in [4.69, 9.17) is 10.0 Å². The van der Waals surface area contributed by atoms with E-state index in [1.807, 2.05) is 30.3 Å². The third kappa shape index (κ3) is 3.98. The van der Waals surface area contributed by atoms with Gasteiger partial charge in [-0.3, -0.25) is 0 Å². The van der Waals surface area contributed by atoms with Gasteiger partial charge in [0.05, 0.1) is 0 Å². The van der Waals surface area contributed by atoms with Gasteiger partial charge in [0.1, 0.15) is 0 Å². The molecule has 0 spiro atoms. The zero-order valence-corrected chi connectivity index (χ0v) is 8.85. The largest absolute Gasteiger partial charge is 0.482 e. The van der Waals surface area contributed by atoms with Crippen LogP contribution in [0.4, 0.5) is 8.78 Å². The topological polar surface area (TPSA) is 40.5 Å². The van der Waals surface area contributed by atoms with Crippen LogP contribution in [0.25, 0.3) is 11.1 Å². The summed E-state index contributed by atoms with van der Waals surface area (Å²) in [6.45, 7) is 0. The van der Waals surface area contributed by atoms with Crippen LogP contribution in [0.15, 0.2) is 48.5 Å². The number of hydrogen-bond acceptors (Lipinski definition) is 2. The van der Waals surface area contributed by atoms with E-state index in [-0.39, 0.29) is 7.69 Å². The van der Waals surface area contributed by atoms with Gasteiger partial charge in [0.25, 0.3) is 0 Å². The Hall–Kier alpha value is -1.72. The average Bonchev–Trinajstić information content (AvgIpc) is 2.35. The zero-order valence-electron chi connectivity index (χ0n) is 8.85. The summed E-state index contributed by atoms with van der Waals surface area (Å²) in [5.41, 5.74) is 1.57. The molecule has 2 nitrogen and oxygen atoms in total. The van der Waals surface area contributed by atoms with Crippen LogP contribution in [0, 0.1) is 11.6 Å². The predicted molar refractivity (Wildman–Crippen MR) is 62.0 cm³/mol. The first-order valence-corrected chi connectivity index (χ1v) is 4.79. The van der Waals surface area contributed by atoms with E-state index in [0.29, 0.717) is 5.56 Å². The quantitative estimate of drug-likeness (QED) is 0.743. The molecule has 0 saturated carbocycles. The summed E-state index contributed by atoms with van der Waals surface area (Å²) in [5.74, 6) is -1.63. The molecule has 0 saturated heterocycles. The minimum Gasteiger partial charge on any atom is -0.429 e. The normalized spacial score (nSPS) is 9.18. The molecule has 0 unspecified atom stereocenters. The van der Waals surface area contributed by atoms with E-state index in [1.165, 1.54) is 6.07 Å². The van der Waals surface area contributed by atoms with Crippen LogP contribution in [0.3, 0.4) is 0 Å². The molecule has 87 valence electrons. The van der Waals surface area contributed by atoms with Crippen molar-refractivity contribution in [2.75, 3.05) is 0 Å². The van der Waals surface area contributed by atoms with Gasteiger partial charge < -0.3 is 10.0 Å². The lowest BCUT2D eigenvalue weighted by molar-refractivity contribution is 0.448. The molecule has 2 N–H and O–H groups in total. The fourth-order valence-corrected chi connectivity index (χ4v) is 1.31. The highest BCUT2D eigenvalue weighted by atomic mass is 19.2. The molecule has 0 aliphatic heterocycles. The second-order valence-electron chi connectivity index (χ2n) is 3.11. The van der Waals surface area contributed by atoms with Gasteiger partial charge in [-0.2, -0.15) is 0 Å². The van der Waals surface area contributed by atoms with E-state index >= 15 is 0 Å². The zero-order chi connectivity index (χ0) is 12.7. The molecule has 0 bridgehead atoms. The molecule has 2 aromatic rings. The lowest BCUT2D eigenvalue weighted by Gasteiger charge is -2.01. The molecular formula is C12H10BF2O2. The van der Waals surface area contributed by atoms with Gasteiger partial charge in [-0.05, 0) is 23.3 Å². The number of hydrogen-bond donors (Lipinski definition) is 2. The molecule has 1 radical (unpaired) electrons. The van der Waals surface area contributed by atoms with Crippen LogP contribution in [-0.2, 0) is 0 Å². The molecule has 2 aromatic carbocycles. The van der Waals surface area contributed by atoms with Gasteiger partial charge in [-0.1, -0.05) is 36.4 Å². The van der Waals surface area contributed by atoms with Crippen molar-refractivity contribution in [2.24, 2.45) is 0 Å². The second kappa shape index (κ2) is 6.78. The van der Waals surface area contributed by atoms with Crippen LogP contribution in [-0.4, -0.2) is 17.7 Å². The average molecular weight is 235 g/mol. The van der Waals surface area contributed by atoms with Crippen LogP contribution < -0.4 is 0 Å². The molecule has 0 amide bonds. The molecule has 2 rings (SSSR count). The molecule has 0 aromatic heterocycles. The summed E-state index contributed by atoms with van der Waals surface area (Å²) in [4.78, 5) is 0. The Morgan fingerprint density at radius 3 is 1.88 bits per heavy atom. The van der Waals surface area contributed by atoms with E-state index < -0.39 is 11.6 Å². The first kappa shape index (κ1) is 13.4. The highest BCUT2D eigenvalue weighted by Crippen LogP contribution is 2.20. The van der Waals surface area contributed by atoms with Crippen LogP contribution >= 0.6 is 0 Å². The van der Waals surface area contributed by atoms with Crippen LogP contribution in [0.2, 0.25) is 0 Å². The standard InChI is InChI=1S/C12H8F2.BH2O2/c13-11-7-6-10(8-12(11)14)9-4-2-1-3-5-9;2-1-3/h1-8H;2-3H. The summed E-state index contributed by atoms with van der Waals surface area (Å²) in [6, 6.07) is 13.2. The fraction of sp³-hybridized carbons (Fsp3) is 0. The van der Waals surface area contributed by atoms with Gasteiger partial charge in [-0.15, -0.1) is 0 Å². The molecule has 0 atom stereocenters. The minimum atomic E-state index is -0.815. The van der Waals surface area contributed by atoms with Crippen molar-refractivity contribution < 1.29 is 18.8 Å². The molecule has 0 heterocycles. The van der Waals surface area contributed by atoms with Crippen LogP contribution in [0.1, 0.15) is 0 Å². The van der Waals surface area contributed by atoms with Crippen molar-refractivity contribution in [1.82, 2.24) is 0 Å². The van der Waals surface area contributed by atoms with Crippen molar-refractivity contribution in [3.05, 3.63) is 60.2 Å². The second-order valence-corrected chi connectivity index (χ2v) is 3.11. The third-order valence-corrected chi connectivity index (χ3v) is 2.03. The summed E-state index contributed by atoms with van der Waals surface area (Å²) in [7, 11) is 0. The summed E-state index contributed by atoms with van der Waals surface area (Å²) in [5, 5.41) is 14.0. The van der Waals surface area contributed by atoms with Gasteiger partial charge in [0, 0.05) is 0 Å².